The van der Waals surface area contributed by atoms with Crippen molar-refractivity contribution in [1.82, 2.24) is 24.9 Å². The molecule has 0 aromatic carbocycles. The second-order valence-corrected chi connectivity index (χ2v) is 40.9. The molecule has 0 bridgehead atoms. The summed E-state index contributed by atoms with van der Waals surface area (Å²) in [5.74, 6) is -5.54. The molecule has 0 aromatic heterocycles. The van der Waals surface area contributed by atoms with E-state index in [0.29, 0.717) is 71.4 Å². The van der Waals surface area contributed by atoms with Crippen LogP contribution in [0.3, 0.4) is 0 Å². The molecule has 31 heteroatoms. The number of hydrogen-bond donors (Lipinski definition) is 12. The van der Waals surface area contributed by atoms with Crippen LogP contribution in [0.4, 0.5) is 0 Å². The number of carbonyl (C=O) groups is 3. The maximum absolute atomic E-state index is 14.6. The van der Waals surface area contributed by atoms with Gasteiger partial charge in [0.25, 0.3) is 0 Å². The van der Waals surface area contributed by atoms with Crippen LogP contribution in [-0.4, -0.2) is 351 Å². The Morgan fingerprint density at radius 1 is 0.496 bits per heavy atom. The molecule has 0 saturated carbocycles. The molecule has 0 aliphatic carbocycles. The number of methoxy groups -OCH3 is 2. The molecule has 6 heterocycles. The van der Waals surface area contributed by atoms with Crippen LogP contribution in [0.15, 0.2) is 60.8 Å². The monoisotopic (exact) mass is 1870 g/mol. The summed E-state index contributed by atoms with van der Waals surface area (Å²) in [5, 5.41) is 122. The Kier molecular flexibility index (Phi) is 49.0. The molecule has 6 fully saturated rings. The highest BCUT2D eigenvalue weighted by atomic mass is 16.7. The second-order valence-electron chi connectivity index (χ2n) is 40.9. The Morgan fingerprint density at radius 2 is 0.855 bits per heavy atom. The van der Waals surface area contributed by atoms with Crippen LogP contribution in [0.5, 0.6) is 0 Å². The van der Waals surface area contributed by atoms with Gasteiger partial charge >= 0.3 is 11.9 Å². The fourth-order valence-corrected chi connectivity index (χ4v) is 20.4. The van der Waals surface area contributed by atoms with Gasteiger partial charge in [-0.3, -0.25) is 24.2 Å². The first-order valence-electron chi connectivity index (χ1n) is 49.0. The molecule has 0 radical (unpaired) electrons. The average Bonchev–Trinajstić information content (AvgIpc) is 1.74. The van der Waals surface area contributed by atoms with Crippen LogP contribution in [0, 0.1) is 35.5 Å². The molecular formula is C100H182N6O25. The van der Waals surface area contributed by atoms with Crippen LogP contribution >= 0.6 is 0 Å². The smallest absolute Gasteiger partial charge is 0.311 e. The lowest BCUT2D eigenvalue weighted by Gasteiger charge is -2.48. The molecule has 13 N–H and O–H groups in total. The van der Waals surface area contributed by atoms with E-state index in [-0.39, 0.29) is 80.6 Å². The Hall–Kier alpha value is -3.89. The second kappa shape index (κ2) is 54.6. The molecule has 6 aliphatic heterocycles. The van der Waals surface area contributed by atoms with Gasteiger partial charge in [-0.25, -0.2) is 0 Å². The molecule has 0 unspecified atom stereocenters. The largest absolute Gasteiger partial charge is 0.459 e. The van der Waals surface area contributed by atoms with Crippen molar-refractivity contribution in [3.63, 3.8) is 0 Å². The normalized spacial score (nSPS) is 42.1. The summed E-state index contributed by atoms with van der Waals surface area (Å²) in [6.07, 6.45) is 12.2. The highest BCUT2D eigenvalue weighted by Gasteiger charge is 2.57. The van der Waals surface area contributed by atoms with E-state index in [4.69, 9.17) is 62.6 Å². The lowest BCUT2D eigenvalue weighted by atomic mass is 9.77. The van der Waals surface area contributed by atoms with Gasteiger partial charge in [-0.15, -0.1) is 0 Å². The first-order valence-corrected chi connectivity index (χ1v) is 49.0. The number of aliphatic hydroxyl groups excluding tert-OH is 6. The van der Waals surface area contributed by atoms with Crippen LogP contribution in [0.1, 0.15) is 261 Å². The number of nitrogens with one attached hydrogen (secondary N) is 1. The van der Waals surface area contributed by atoms with Gasteiger partial charge < -0.3 is 129 Å². The summed E-state index contributed by atoms with van der Waals surface area (Å²) < 4.78 is 75.9. The quantitative estimate of drug-likeness (QED) is 0.0162. The molecule has 762 valence electrons. The van der Waals surface area contributed by atoms with Crippen molar-refractivity contribution in [2.45, 2.75) is 442 Å². The van der Waals surface area contributed by atoms with E-state index in [1.165, 1.54) is 28.1 Å². The van der Waals surface area contributed by atoms with Gasteiger partial charge in [-0.05, 0) is 246 Å². The van der Waals surface area contributed by atoms with Crippen molar-refractivity contribution in [1.29, 1.82) is 0 Å². The van der Waals surface area contributed by atoms with Gasteiger partial charge in [0.05, 0.1) is 83.1 Å². The number of carbonyl (C=O) groups excluding carboxylic acids is 3. The number of allylic oxidation sites excluding steroid dienone is 10. The zero-order valence-electron chi connectivity index (χ0n) is 85.0. The highest BCUT2D eigenvalue weighted by molar-refractivity contribution is 5.76. The minimum atomic E-state index is -1.91. The van der Waals surface area contributed by atoms with E-state index < -0.39 is 192 Å². The summed E-state index contributed by atoms with van der Waals surface area (Å²) >= 11 is 0. The minimum absolute atomic E-state index is 0.0395. The maximum Gasteiger partial charge on any atom is 0.311 e. The lowest BCUT2D eigenvalue weighted by molar-refractivity contribution is -0.318. The number of amides is 1. The number of nitrogens with two attached hydrogens (primary N) is 1. The van der Waals surface area contributed by atoms with Crippen molar-refractivity contribution >= 4 is 17.8 Å². The maximum atomic E-state index is 14.6. The van der Waals surface area contributed by atoms with Crippen LogP contribution < -0.4 is 11.1 Å². The van der Waals surface area contributed by atoms with Crippen molar-refractivity contribution in [2.24, 2.45) is 41.2 Å². The van der Waals surface area contributed by atoms with E-state index in [9.17, 15) is 65.4 Å². The van der Waals surface area contributed by atoms with Gasteiger partial charge in [-0.2, -0.15) is 0 Å². The summed E-state index contributed by atoms with van der Waals surface area (Å²) in [6, 6.07) is -1.83. The summed E-state index contributed by atoms with van der Waals surface area (Å²) in [7, 11) is 10.6. The van der Waals surface area contributed by atoms with Gasteiger partial charge in [-0.1, -0.05) is 109 Å². The van der Waals surface area contributed by atoms with Crippen molar-refractivity contribution in [3.05, 3.63) is 60.8 Å². The van der Waals surface area contributed by atoms with Crippen LogP contribution in [0.25, 0.3) is 0 Å². The molecule has 1 amide bonds. The molecule has 0 aromatic rings. The molecular weight excluding hydrogens is 1690 g/mol. The standard InChI is InChI=1S/C60H105N3O13.C40H77N3O12/c1-15-17-18-19-20-21-22-23-24-25-26-27-28-29-30-31-32-34-49(64)61-35-33-36-63-40-41(3)38-58(9,69)55(76-57-51(65)47(62(12)13)37-42(4)72-57)43(5)52(75-50-39-59(10,71-14)54(67)46(8)73-50)44(6)56(68)74-48(16-2)60(11,70)53(66)45(63)7;1-14-29-40(10,49)33(45)26(6)43(17-15-16-41)21-22(2)19-38(8,48)35(55-37-31(44)28(42(11)12)18-23(3)51-37)24(4)32(25(5)36(47)53-29)54-30-20-39(9,50-13)34(46)27(7)52-30/h17-18,20-21,23-24,26-27,29-30,41-48,50-55,57,65-67,69-70H,15-16,19,22,25,28,31-40H2,1-14H3,(H,61,64);22-35,37,44-46,48-49H,14-21,41H2,1-13H3/b18-17-,21-20-,24-23-,27-26-,30-29-;/t41-,42-,43+,44-,45-,46+,47+,48-,50+,51-,52+,53-,54+,55-,57+,58-,59-,60-;22-,23-,24+,25-,26-,27+,28+,29-,30+,31-,32+,33-,34+,35-,37+,38-,39-,40-/m11/s1. The third-order valence-electron chi connectivity index (χ3n) is 28.6. The Bertz CT molecular complexity index is 3460. The molecule has 0 spiro atoms. The number of hydrogen-bond acceptors (Lipinski definition) is 30. The number of likely N-dealkylation sites (N-methyl/N-ethyl adjacent to an activating group) is 2. The van der Waals surface area contributed by atoms with E-state index in [0.717, 1.165) is 44.9 Å². The number of unbranched alkanes of at least 4 members (excludes halogenated alkanes) is 1. The lowest BCUT2D eigenvalue weighted by Crippen LogP contribution is -2.60. The third-order valence-corrected chi connectivity index (χ3v) is 28.6. The van der Waals surface area contributed by atoms with Crippen molar-refractivity contribution < 1.29 is 122 Å². The number of aliphatic hydroxyl groups is 10. The SMILES string of the molecule is CC/C=C\C/C=C\C/C=C\C/C=C\C/C=C\CCCC(=O)NCCCN1C[C@H](C)C[C@@](C)(O)[C@H](O[C@@H]2O[C@H](C)C[C@H](N(C)C)[C@H]2O)[C@@H](C)[C@H](O[C@H]2C[C@@](C)(OC)[C@@H](O)[C@H](C)O2)[C@@H](C)C(=O)O[C@H](CC)[C@@](C)(O)[C@H](O)[C@H]1C.CC[C@H]1OC(=O)[C@H](C)[C@@H](O[C@H]2C[C@@](C)(OC)[C@@H](O)[C@H](C)O2)[C@H](C)[C@@H](O[C@@H]2O[C@H](C)C[C@H](N(C)C)[C@H]2O)[C@](C)(O)C[C@@H](C)CN(CCCN)[C@H](C)[C@@H](O)[C@]1(C)O. The number of nitrogens with zero attached hydrogens (tertiary/aromatic N) is 4. The zero-order valence-corrected chi connectivity index (χ0v) is 85.0. The van der Waals surface area contributed by atoms with Gasteiger partial charge in [0.2, 0.25) is 5.91 Å². The Labute approximate surface area is 786 Å². The summed E-state index contributed by atoms with van der Waals surface area (Å²) in [4.78, 5) is 49.8. The predicted octanol–water partition coefficient (Wildman–Crippen LogP) is 9.32. The molecule has 6 rings (SSSR count). The summed E-state index contributed by atoms with van der Waals surface area (Å²) in [6.45, 7) is 40.0. The molecule has 131 heavy (non-hydrogen) atoms. The first-order chi connectivity index (χ1) is 61.3. The van der Waals surface area contributed by atoms with Crippen LogP contribution in [-0.2, 0) is 71.2 Å². The molecule has 6 aliphatic rings. The topological polar surface area (TPSA) is 415 Å². The molecule has 36 atom stereocenters. The van der Waals surface area contributed by atoms with E-state index in [1.54, 1.807) is 69.2 Å². The number of cyclic esters (lactones) is 2. The molecule has 31 nitrogen and oxygen atoms in total. The van der Waals surface area contributed by atoms with Gasteiger partial charge in [0.1, 0.15) is 60.0 Å². The van der Waals surface area contributed by atoms with Crippen molar-refractivity contribution in [2.75, 3.05) is 81.7 Å². The minimum Gasteiger partial charge on any atom is -0.459 e. The van der Waals surface area contributed by atoms with E-state index >= 15 is 0 Å². The number of ether oxygens (including phenoxy) is 12. The first kappa shape index (κ1) is 118. The Balaban J connectivity index is 0.000000488. The third kappa shape index (κ3) is 33.7. The zero-order chi connectivity index (χ0) is 98.6. The van der Waals surface area contributed by atoms with Gasteiger partial charge in [0.15, 0.2) is 25.2 Å². The average molecular weight is 1870 g/mol. The molecule has 6 saturated heterocycles. The fraction of sp³-hybridized carbons (Fsp3) is 0.870. The summed E-state index contributed by atoms with van der Waals surface area (Å²) in [5.41, 5.74) is -3.14. The number of rotatable bonds is 34. The Morgan fingerprint density at radius 3 is 1.20 bits per heavy atom. The van der Waals surface area contributed by atoms with Crippen molar-refractivity contribution in [3.8, 4) is 0 Å². The highest BCUT2D eigenvalue weighted by Crippen LogP contribution is 2.44. The van der Waals surface area contributed by atoms with E-state index in [2.05, 4.69) is 82.8 Å². The fourth-order valence-electron chi connectivity index (χ4n) is 20.4. The van der Waals surface area contributed by atoms with Gasteiger partial charge in [0, 0.05) is 95.7 Å². The number of esters is 2. The van der Waals surface area contributed by atoms with Crippen LogP contribution in [0.2, 0.25) is 0 Å². The van der Waals surface area contributed by atoms with E-state index in [1.807, 2.05) is 93.4 Å². The predicted molar refractivity (Wildman–Crippen MR) is 506 cm³/mol.